The summed E-state index contributed by atoms with van der Waals surface area (Å²) >= 11 is 0. The zero-order valence-corrected chi connectivity index (χ0v) is 10.8. The molecule has 0 saturated heterocycles. The Bertz CT molecular complexity index is 494. The number of aryl methyl sites for hydroxylation is 1. The van der Waals surface area contributed by atoms with Gasteiger partial charge in [0.1, 0.15) is 11.6 Å². The van der Waals surface area contributed by atoms with Crippen LogP contribution in [0.5, 0.6) is 11.6 Å². The van der Waals surface area contributed by atoms with Crippen LogP contribution in [-0.4, -0.2) is 11.5 Å². The van der Waals surface area contributed by atoms with E-state index in [-0.39, 0.29) is 0 Å². The highest BCUT2D eigenvalue weighted by Gasteiger charge is 2.00. The quantitative estimate of drug-likeness (QED) is 0.860. The van der Waals surface area contributed by atoms with Crippen molar-refractivity contribution >= 4 is 5.82 Å². The summed E-state index contributed by atoms with van der Waals surface area (Å²) in [6.45, 7) is 5.10. The molecule has 2 rings (SSSR count). The molecule has 0 unspecified atom stereocenters. The Morgan fingerprint density at radius 1 is 1.11 bits per heavy atom. The van der Waals surface area contributed by atoms with E-state index in [4.69, 9.17) is 4.74 Å². The SMILES string of the molecule is CCCNc1cccc(Oc2ccc(C)cc2)n1. The minimum absolute atomic E-state index is 0.611. The number of pyridine rings is 1. The topological polar surface area (TPSA) is 34.1 Å². The first-order chi connectivity index (χ1) is 8.78. The Balaban J connectivity index is 2.06. The van der Waals surface area contributed by atoms with Crippen LogP contribution in [-0.2, 0) is 0 Å². The average molecular weight is 242 g/mol. The molecule has 0 aliphatic carbocycles. The normalized spacial score (nSPS) is 10.1. The van der Waals surface area contributed by atoms with Crippen LogP contribution >= 0.6 is 0 Å². The second-order valence-electron chi connectivity index (χ2n) is 4.20. The summed E-state index contributed by atoms with van der Waals surface area (Å²) in [5.74, 6) is 2.27. The number of rotatable bonds is 5. The molecule has 3 heteroatoms. The maximum absolute atomic E-state index is 5.70. The molecular formula is C15H18N2O. The van der Waals surface area contributed by atoms with E-state index in [1.807, 2.05) is 42.5 Å². The molecular weight excluding hydrogens is 224 g/mol. The van der Waals surface area contributed by atoms with E-state index in [1.165, 1.54) is 5.56 Å². The lowest BCUT2D eigenvalue weighted by Gasteiger charge is -2.08. The molecule has 0 saturated carbocycles. The van der Waals surface area contributed by atoms with Gasteiger partial charge in [0.15, 0.2) is 0 Å². The van der Waals surface area contributed by atoms with Gasteiger partial charge in [-0.25, -0.2) is 0 Å². The third-order valence-corrected chi connectivity index (χ3v) is 2.52. The molecule has 1 heterocycles. The van der Waals surface area contributed by atoms with Gasteiger partial charge in [0.25, 0.3) is 0 Å². The van der Waals surface area contributed by atoms with Crippen LogP contribution in [0.25, 0.3) is 0 Å². The summed E-state index contributed by atoms with van der Waals surface area (Å²) in [7, 11) is 0. The second kappa shape index (κ2) is 6.05. The molecule has 1 N–H and O–H groups in total. The van der Waals surface area contributed by atoms with E-state index in [9.17, 15) is 0 Å². The van der Waals surface area contributed by atoms with Crippen LogP contribution in [0.2, 0.25) is 0 Å². The van der Waals surface area contributed by atoms with Crippen LogP contribution in [0.1, 0.15) is 18.9 Å². The molecule has 0 radical (unpaired) electrons. The maximum atomic E-state index is 5.70. The lowest BCUT2D eigenvalue weighted by molar-refractivity contribution is 0.463. The minimum Gasteiger partial charge on any atom is -0.439 e. The van der Waals surface area contributed by atoms with Gasteiger partial charge in [0, 0.05) is 12.6 Å². The number of hydrogen-bond donors (Lipinski definition) is 1. The van der Waals surface area contributed by atoms with Crippen molar-refractivity contribution in [1.82, 2.24) is 4.98 Å². The first-order valence-electron chi connectivity index (χ1n) is 6.23. The van der Waals surface area contributed by atoms with E-state index >= 15 is 0 Å². The molecule has 0 amide bonds. The predicted octanol–water partition coefficient (Wildman–Crippen LogP) is 4.00. The van der Waals surface area contributed by atoms with Crippen molar-refractivity contribution in [1.29, 1.82) is 0 Å². The van der Waals surface area contributed by atoms with E-state index < -0.39 is 0 Å². The third kappa shape index (κ3) is 3.48. The van der Waals surface area contributed by atoms with Gasteiger partial charge in [0.05, 0.1) is 0 Å². The molecule has 1 aromatic carbocycles. The van der Waals surface area contributed by atoms with Crippen molar-refractivity contribution in [3.8, 4) is 11.6 Å². The number of aromatic nitrogens is 1. The molecule has 0 bridgehead atoms. The average Bonchev–Trinajstić information content (AvgIpc) is 2.40. The van der Waals surface area contributed by atoms with Gasteiger partial charge in [0.2, 0.25) is 5.88 Å². The zero-order chi connectivity index (χ0) is 12.8. The van der Waals surface area contributed by atoms with E-state index in [1.54, 1.807) is 0 Å². The first-order valence-corrected chi connectivity index (χ1v) is 6.23. The number of nitrogens with zero attached hydrogens (tertiary/aromatic N) is 1. The van der Waals surface area contributed by atoms with Crippen LogP contribution in [0.4, 0.5) is 5.82 Å². The Morgan fingerprint density at radius 3 is 2.61 bits per heavy atom. The molecule has 18 heavy (non-hydrogen) atoms. The summed E-state index contributed by atoms with van der Waals surface area (Å²) < 4.78 is 5.70. The van der Waals surface area contributed by atoms with Gasteiger partial charge >= 0.3 is 0 Å². The number of hydrogen-bond acceptors (Lipinski definition) is 3. The van der Waals surface area contributed by atoms with Crippen molar-refractivity contribution < 1.29 is 4.74 Å². The minimum atomic E-state index is 0.611. The lowest BCUT2D eigenvalue weighted by Crippen LogP contribution is -2.02. The highest BCUT2D eigenvalue weighted by molar-refractivity contribution is 5.38. The molecule has 1 aromatic heterocycles. The van der Waals surface area contributed by atoms with Crippen molar-refractivity contribution in [3.63, 3.8) is 0 Å². The van der Waals surface area contributed by atoms with Crippen molar-refractivity contribution in [2.75, 3.05) is 11.9 Å². The van der Waals surface area contributed by atoms with Crippen LogP contribution in [0, 0.1) is 6.92 Å². The van der Waals surface area contributed by atoms with Gasteiger partial charge in [-0.2, -0.15) is 4.98 Å². The number of anilines is 1. The Hall–Kier alpha value is -2.03. The van der Waals surface area contributed by atoms with Gasteiger partial charge in [-0.15, -0.1) is 0 Å². The van der Waals surface area contributed by atoms with E-state index in [0.717, 1.165) is 24.5 Å². The molecule has 3 nitrogen and oxygen atoms in total. The molecule has 2 aromatic rings. The highest BCUT2D eigenvalue weighted by atomic mass is 16.5. The monoisotopic (exact) mass is 242 g/mol. The summed E-state index contributed by atoms with van der Waals surface area (Å²) in [4.78, 5) is 4.39. The maximum Gasteiger partial charge on any atom is 0.221 e. The van der Waals surface area contributed by atoms with Crippen molar-refractivity contribution in [3.05, 3.63) is 48.0 Å². The fourth-order valence-electron chi connectivity index (χ4n) is 1.55. The first kappa shape index (κ1) is 12.4. The Morgan fingerprint density at radius 2 is 1.89 bits per heavy atom. The van der Waals surface area contributed by atoms with Crippen LogP contribution in [0.3, 0.4) is 0 Å². The second-order valence-corrected chi connectivity index (χ2v) is 4.20. The van der Waals surface area contributed by atoms with Gasteiger partial charge in [-0.1, -0.05) is 30.7 Å². The standard InChI is InChI=1S/C15H18N2O/c1-3-11-16-14-5-4-6-15(17-14)18-13-9-7-12(2)8-10-13/h4-10H,3,11H2,1-2H3,(H,16,17). The van der Waals surface area contributed by atoms with Gasteiger partial charge in [-0.3, -0.25) is 0 Å². The summed E-state index contributed by atoms with van der Waals surface area (Å²) in [5.41, 5.74) is 1.22. The highest BCUT2D eigenvalue weighted by Crippen LogP contribution is 2.20. The Kier molecular flexibility index (Phi) is 4.18. The smallest absolute Gasteiger partial charge is 0.221 e. The molecule has 0 fully saturated rings. The van der Waals surface area contributed by atoms with Crippen molar-refractivity contribution in [2.24, 2.45) is 0 Å². The van der Waals surface area contributed by atoms with Gasteiger partial charge in [-0.05, 0) is 31.5 Å². The molecule has 0 aliphatic heterocycles. The summed E-state index contributed by atoms with van der Waals surface area (Å²) in [6.07, 6.45) is 1.07. The van der Waals surface area contributed by atoms with Crippen molar-refractivity contribution in [2.45, 2.75) is 20.3 Å². The number of nitrogens with one attached hydrogen (secondary N) is 1. The fourth-order valence-corrected chi connectivity index (χ4v) is 1.55. The van der Waals surface area contributed by atoms with Gasteiger partial charge < -0.3 is 10.1 Å². The fraction of sp³-hybridized carbons (Fsp3) is 0.267. The van der Waals surface area contributed by atoms with Crippen LogP contribution < -0.4 is 10.1 Å². The lowest BCUT2D eigenvalue weighted by atomic mass is 10.2. The summed E-state index contributed by atoms with van der Waals surface area (Å²) in [6, 6.07) is 13.7. The largest absolute Gasteiger partial charge is 0.439 e. The molecule has 0 spiro atoms. The molecule has 94 valence electrons. The Labute approximate surface area is 108 Å². The number of benzene rings is 1. The molecule has 0 atom stereocenters. The molecule has 0 aliphatic rings. The van der Waals surface area contributed by atoms with Crippen LogP contribution in [0.15, 0.2) is 42.5 Å². The summed E-state index contributed by atoms with van der Waals surface area (Å²) in [5, 5.41) is 3.24. The van der Waals surface area contributed by atoms with E-state index in [2.05, 4.69) is 24.1 Å². The van der Waals surface area contributed by atoms with E-state index in [0.29, 0.717) is 5.88 Å². The zero-order valence-electron chi connectivity index (χ0n) is 10.8. The third-order valence-electron chi connectivity index (χ3n) is 2.52. The predicted molar refractivity (Wildman–Crippen MR) is 74.3 cm³/mol. The number of ether oxygens (including phenoxy) is 1.